The van der Waals surface area contributed by atoms with Gasteiger partial charge in [0.25, 0.3) is 0 Å². The monoisotopic (exact) mass is 262 g/mol. The lowest BCUT2D eigenvalue weighted by atomic mass is 9.87. The molecular weight excluding hydrogens is 236 g/mol. The maximum atomic E-state index is 9.66. The van der Waals surface area contributed by atoms with Gasteiger partial charge in [-0.2, -0.15) is 0 Å². The highest BCUT2D eigenvalue weighted by Gasteiger charge is 2.20. The summed E-state index contributed by atoms with van der Waals surface area (Å²) in [4.78, 5) is 2.43. The molecule has 1 aromatic carbocycles. The Kier molecular flexibility index (Phi) is 5.23. The van der Waals surface area contributed by atoms with Crippen molar-refractivity contribution in [1.82, 2.24) is 10.2 Å². The van der Waals surface area contributed by atoms with Crippen molar-refractivity contribution in [3.05, 3.63) is 29.3 Å². The van der Waals surface area contributed by atoms with E-state index in [2.05, 4.69) is 30.1 Å². The van der Waals surface area contributed by atoms with Gasteiger partial charge in [0.2, 0.25) is 0 Å². The summed E-state index contributed by atoms with van der Waals surface area (Å²) in [6.07, 6.45) is 3.55. The van der Waals surface area contributed by atoms with Crippen LogP contribution in [0.5, 0.6) is 5.75 Å². The van der Waals surface area contributed by atoms with E-state index in [1.165, 1.54) is 24.0 Å². The number of aromatic hydroxyl groups is 1. The lowest BCUT2D eigenvalue weighted by Gasteiger charge is -2.28. The third kappa shape index (κ3) is 3.71. The summed E-state index contributed by atoms with van der Waals surface area (Å²) in [6.45, 7) is 8.74. The SMILES string of the molecule is CCN(CC)CCNC1CCCc2ccc(O)cc21. The second-order valence-electron chi connectivity index (χ2n) is 5.31. The Labute approximate surface area is 116 Å². The van der Waals surface area contributed by atoms with Crippen LogP contribution in [0.4, 0.5) is 0 Å². The molecule has 0 fully saturated rings. The molecule has 0 radical (unpaired) electrons. The Morgan fingerprint density at radius 2 is 2.11 bits per heavy atom. The third-order valence-corrected chi connectivity index (χ3v) is 4.16. The number of hydrogen-bond donors (Lipinski definition) is 2. The van der Waals surface area contributed by atoms with Gasteiger partial charge in [-0.1, -0.05) is 19.9 Å². The maximum absolute atomic E-state index is 9.66. The first-order chi connectivity index (χ1) is 9.24. The number of benzene rings is 1. The molecule has 0 spiro atoms. The van der Waals surface area contributed by atoms with E-state index >= 15 is 0 Å². The molecule has 1 unspecified atom stereocenters. The topological polar surface area (TPSA) is 35.5 Å². The molecule has 0 amide bonds. The molecule has 1 aromatic rings. The van der Waals surface area contributed by atoms with Crippen molar-refractivity contribution in [2.24, 2.45) is 0 Å². The van der Waals surface area contributed by atoms with Gasteiger partial charge in [-0.3, -0.25) is 0 Å². The van der Waals surface area contributed by atoms with Gasteiger partial charge in [-0.25, -0.2) is 0 Å². The number of aryl methyl sites for hydroxylation is 1. The molecule has 106 valence electrons. The van der Waals surface area contributed by atoms with E-state index in [-0.39, 0.29) is 0 Å². The molecule has 0 heterocycles. The van der Waals surface area contributed by atoms with E-state index in [0.717, 1.165) is 32.6 Å². The molecule has 3 heteroatoms. The van der Waals surface area contributed by atoms with Crippen LogP contribution in [0.2, 0.25) is 0 Å². The van der Waals surface area contributed by atoms with Gasteiger partial charge < -0.3 is 15.3 Å². The standard InChI is InChI=1S/C16H26N2O/c1-3-18(4-2)11-10-17-16-7-5-6-13-8-9-14(19)12-15(13)16/h8-9,12,16-17,19H,3-7,10-11H2,1-2H3. The largest absolute Gasteiger partial charge is 0.508 e. The van der Waals surface area contributed by atoms with E-state index in [1.54, 1.807) is 6.07 Å². The van der Waals surface area contributed by atoms with Gasteiger partial charge >= 0.3 is 0 Å². The Morgan fingerprint density at radius 1 is 1.32 bits per heavy atom. The second-order valence-corrected chi connectivity index (χ2v) is 5.31. The minimum atomic E-state index is 0.385. The van der Waals surface area contributed by atoms with Crippen molar-refractivity contribution in [3.63, 3.8) is 0 Å². The number of fused-ring (bicyclic) bond motifs is 1. The minimum Gasteiger partial charge on any atom is -0.508 e. The number of nitrogens with one attached hydrogen (secondary N) is 1. The second kappa shape index (κ2) is 6.92. The first-order valence-corrected chi connectivity index (χ1v) is 7.52. The van der Waals surface area contributed by atoms with Crippen LogP contribution in [0.15, 0.2) is 18.2 Å². The summed E-state index contributed by atoms with van der Waals surface area (Å²) >= 11 is 0. The van der Waals surface area contributed by atoms with Gasteiger partial charge in [-0.05, 0) is 55.6 Å². The summed E-state index contributed by atoms with van der Waals surface area (Å²) in [5.74, 6) is 0.385. The first-order valence-electron chi connectivity index (χ1n) is 7.52. The van der Waals surface area contributed by atoms with Gasteiger partial charge in [-0.15, -0.1) is 0 Å². The zero-order valence-electron chi connectivity index (χ0n) is 12.2. The van der Waals surface area contributed by atoms with Gasteiger partial charge in [0.15, 0.2) is 0 Å². The summed E-state index contributed by atoms with van der Waals surface area (Å²) in [6, 6.07) is 6.22. The molecule has 0 aromatic heterocycles. The zero-order chi connectivity index (χ0) is 13.7. The number of hydrogen-bond acceptors (Lipinski definition) is 3. The summed E-state index contributed by atoms with van der Waals surface area (Å²) in [5, 5.41) is 13.3. The van der Waals surface area contributed by atoms with Crippen LogP contribution in [0.1, 0.15) is 43.9 Å². The molecule has 0 saturated carbocycles. The average molecular weight is 262 g/mol. The maximum Gasteiger partial charge on any atom is 0.115 e. The molecule has 19 heavy (non-hydrogen) atoms. The summed E-state index contributed by atoms with van der Waals surface area (Å²) < 4.78 is 0. The normalized spacial score (nSPS) is 18.6. The highest BCUT2D eigenvalue weighted by atomic mass is 16.3. The highest BCUT2D eigenvalue weighted by Crippen LogP contribution is 2.31. The number of rotatable bonds is 6. The van der Waals surface area contributed by atoms with Crippen molar-refractivity contribution in [2.75, 3.05) is 26.2 Å². The lowest BCUT2D eigenvalue weighted by molar-refractivity contribution is 0.293. The smallest absolute Gasteiger partial charge is 0.115 e. The van der Waals surface area contributed by atoms with Crippen LogP contribution < -0.4 is 5.32 Å². The Hall–Kier alpha value is -1.06. The third-order valence-electron chi connectivity index (χ3n) is 4.16. The fourth-order valence-electron chi connectivity index (χ4n) is 2.94. The molecule has 0 bridgehead atoms. The quantitative estimate of drug-likeness (QED) is 0.827. The zero-order valence-corrected chi connectivity index (χ0v) is 12.2. The molecule has 2 N–H and O–H groups in total. The molecule has 0 aliphatic heterocycles. The fourth-order valence-corrected chi connectivity index (χ4v) is 2.94. The molecule has 1 aliphatic carbocycles. The van der Waals surface area contributed by atoms with Crippen LogP contribution >= 0.6 is 0 Å². The number of phenols is 1. The van der Waals surface area contributed by atoms with Gasteiger partial charge in [0.1, 0.15) is 5.75 Å². The van der Waals surface area contributed by atoms with Gasteiger partial charge in [0.05, 0.1) is 0 Å². The van der Waals surface area contributed by atoms with Crippen molar-refractivity contribution < 1.29 is 5.11 Å². The molecular formula is C16H26N2O. The predicted octanol–water partition coefficient (Wildman–Crippen LogP) is 2.70. The van der Waals surface area contributed by atoms with Crippen molar-refractivity contribution in [1.29, 1.82) is 0 Å². The van der Waals surface area contributed by atoms with Crippen LogP contribution in [0.25, 0.3) is 0 Å². The molecule has 3 nitrogen and oxygen atoms in total. The van der Waals surface area contributed by atoms with E-state index in [1.807, 2.05) is 6.07 Å². The molecule has 0 saturated heterocycles. The number of phenolic OH excluding ortho intramolecular Hbond substituents is 1. The van der Waals surface area contributed by atoms with Gasteiger partial charge in [0, 0.05) is 19.1 Å². The van der Waals surface area contributed by atoms with Crippen LogP contribution in [-0.2, 0) is 6.42 Å². The van der Waals surface area contributed by atoms with E-state index in [9.17, 15) is 5.11 Å². The fraction of sp³-hybridized carbons (Fsp3) is 0.625. The van der Waals surface area contributed by atoms with E-state index < -0.39 is 0 Å². The summed E-state index contributed by atoms with van der Waals surface area (Å²) in [5.41, 5.74) is 2.69. The molecule has 1 aliphatic rings. The van der Waals surface area contributed by atoms with E-state index in [4.69, 9.17) is 0 Å². The average Bonchev–Trinajstić information content (AvgIpc) is 2.44. The Balaban J connectivity index is 1.94. The van der Waals surface area contributed by atoms with Crippen LogP contribution in [0.3, 0.4) is 0 Å². The highest BCUT2D eigenvalue weighted by molar-refractivity contribution is 5.38. The predicted molar refractivity (Wildman–Crippen MR) is 79.6 cm³/mol. The minimum absolute atomic E-state index is 0.385. The Morgan fingerprint density at radius 3 is 2.84 bits per heavy atom. The van der Waals surface area contributed by atoms with Crippen molar-refractivity contribution in [2.45, 2.75) is 39.2 Å². The molecule has 1 atom stereocenters. The number of likely N-dealkylation sites (N-methyl/N-ethyl adjacent to an activating group) is 1. The summed E-state index contributed by atoms with van der Waals surface area (Å²) in [7, 11) is 0. The first kappa shape index (κ1) is 14.4. The number of nitrogens with zero attached hydrogens (tertiary/aromatic N) is 1. The lowest BCUT2D eigenvalue weighted by Crippen LogP contribution is -2.34. The molecule has 2 rings (SSSR count). The van der Waals surface area contributed by atoms with Crippen LogP contribution in [-0.4, -0.2) is 36.2 Å². The van der Waals surface area contributed by atoms with Crippen LogP contribution in [0, 0.1) is 0 Å². The van der Waals surface area contributed by atoms with Crippen molar-refractivity contribution in [3.8, 4) is 5.75 Å². The van der Waals surface area contributed by atoms with Crippen molar-refractivity contribution >= 4 is 0 Å². The van der Waals surface area contributed by atoms with E-state index in [0.29, 0.717) is 11.8 Å². The Bertz CT molecular complexity index is 402.